The number of halogens is 1. The predicted molar refractivity (Wildman–Crippen MR) is 130 cm³/mol. The van der Waals surface area contributed by atoms with Crippen LogP contribution in [0.1, 0.15) is 16.8 Å². The number of fused-ring (bicyclic) bond motifs is 1. The molecule has 0 N–H and O–H groups in total. The molecule has 0 amide bonds. The fraction of sp³-hybridized carbons (Fsp3) is 0.160. The van der Waals surface area contributed by atoms with E-state index in [4.69, 9.17) is 21.3 Å². The normalized spacial score (nSPS) is 11.1. The molecule has 0 atom stereocenters. The Morgan fingerprint density at radius 3 is 2.76 bits per heavy atom. The van der Waals surface area contributed by atoms with Gasteiger partial charge in [-0.2, -0.15) is 5.10 Å². The largest absolute Gasteiger partial charge is 0.487 e. The van der Waals surface area contributed by atoms with Gasteiger partial charge in [0.15, 0.2) is 0 Å². The molecule has 34 heavy (non-hydrogen) atoms. The number of hydrogen-bond donors (Lipinski definition) is 0. The van der Waals surface area contributed by atoms with Crippen molar-refractivity contribution in [2.45, 2.75) is 20.1 Å². The summed E-state index contributed by atoms with van der Waals surface area (Å²) in [6.45, 7) is 2.47. The molecule has 0 fully saturated rings. The van der Waals surface area contributed by atoms with Crippen LogP contribution < -0.4 is 10.3 Å². The lowest BCUT2D eigenvalue weighted by Crippen LogP contribution is -2.20. The van der Waals surface area contributed by atoms with Crippen molar-refractivity contribution >= 4 is 22.5 Å². The van der Waals surface area contributed by atoms with E-state index in [0.717, 1.165) is 39.0 Å². The number of rotatable bonds is 6. The second-order valence-electron chi connectivity index (χ2n) is 7.89. The quantitative estimate of drug-likeness (QED) is 0.368. The first-order chi connectivity index (χ1) is 16.5. The molecule has 5 aromatic rings. The van der Waals surface area contributed by atoms with E-state index in [-0.39, 0.29) is 12.2 Å². The molecule has 4 heterocycles. The van der Waals surface area contributed by atoms with Gasteiger partial charge in [0.05, 0.1) is 23.5 Å². The lowest BCUT2D eigenvalue weighted by atomic mass is 10.0. The average Bonchev–Trinajstić information content (AvgIpc) is 3.25. The fourth-order valence-corrected chi connectivity index (χ4v) is 4.19. The van der Waals surface area contributed by atoms with Gasteiger partial charge in [-0.3, -0.25) is 19.4 Å². The summed E-state index contributed by atoms with van der Waals surface area (Å²) < 4.78 is 9.64. The molecular weight excluding hydrogens is 452 g/mol. The number of pyridine rings is 2. The molecule has 5 rings (SSSR count). The van der Waals surface area contributed by atoms with E-state index in [1.165, 1.54) is 6.20 Å². The third kappa shape index (κ3) is 4.15. The lowest BCUT2D eigenvalue weighted by Gasteiger charge is -2.15. The molecule has 1 aromatic carbocycles. The summed E-state index contributed by atoms with van der Waals surface area (Å²) in [5.41, 5.74) is 5.01. The summed E-state index contributed by atoms with van der Waals surface area (Å²) in [5, 5.41) is 5.74. The van der Waals surface area contributed by atoms with Gasteiger partial charge in [-0.1, -0.05) is 23.7 Å². The van der Waals surface area contributed by atoms with Crippen LogP contribution in [0.4, 0.5) is 0 Å². The zero-order valence-electron chi connectivity index (χ0n) is 18.6. The summed E-state index contributed by atoms with van der Waals surface area (Å²) >= 11 is 6.49. The van der Waals surface area contributed by atoms with Crippen LogP contribution in [-0.4, -0.2) is 29.3 Å². The molecule has 0 saturated carbocycles. The van der Waals surface area contributed by atoms with Gasteiger partial charge in [0, 0.05) is 60.2 Å². The van der Waals surface area contributed by atoms with Gasteiger partial charge in [0.25, 0.3) is 5.56 Å². The number of benzene rings is 1. The van der Waals surface area contributed by atoms with Gasteiger partial charge in [0.1, 0.15) is 17.9 Å². The zero-order chi connectivity index (χ0) is 23.7. The maximum absolute atomic E-state index is 12.1. The maximum atomic E-state index is 12.1. The molecule has 0 aliphatic carbocycles. The van der Waals surface area contributed by atoms with Crippen molar-refractivity contribution < 1.29 is 4.74 Å². The van der Waals surface area contributed by atoms with Gasteiger partial charge in [0.2, 0.25) is 0 Å². The number of aryl methyl sites for hydroxylation is 2. The van der Waals surface area contributed by atoms with Crippen LogP contribution in [0, 0.1) is 6.92 Å². The highest BCUT2D eigenvalue weighted by Gasteiger charge is 2.15. The number of ether oxygens (including phenoxy) is 1. The van der Waals surface area contributed by atoms with Crippen molar-refractivity contribution in [2.24, 2.45) is 7.05 Å². The van der Waals surface area contributed by atoms with Crippen molar-refractivity contribution in [1.29, 1.82) is 0 Å². The van der Waals surface area contributed by atoms with Crippen molar-refractivity contribution in [3.8, 4) is 17.0 Å². The monoisotopic (exact) mass is 472 g/mol. The minimum Gasteiger partial charge on any atom is -0.487 e. The SMILES string of the molecule is Cc1cc(-c2ccnn2C)c2cccc(OCc3c(Cl)cncc3Cn3ccncc3=O)c2n1. The van der Waals surface area contributed by atoms with E-state index in [1.807, 2.05) is 49.0 Å². The summed E-state index contributed by atoms with van der Waals surface area (Å²) in [5.74, 6) is 0.643. The molecule has 8 nitrogen and oxygen atoms in total. The summed E-state index contributed by atoms with van der Waals surface area (Å²) in [4.78, 5) is 24.9. The van der Waals surface area contributed by atoms with E-state index in [1.54, 1.807) is 35.6 Å². The standard InChI is InChI=1S/C25H21ClN6O2/c1-16-10-19(22-6-7-29-31(22)2)18-4-3-5-23(25(18)30-16)34-15-20-17(11-28-12-21(20)26)14-32-9-8-27-13-24(32)33/h3-13H,14-15H2,1-2H3. The number of aromatic nitrogens is 6. The van der Waals surface area contributed by atoms with Gasteiger partial charge in [-0.25, -0.2) is 4.98 Å². The highest BCUT2D eigenvalue weighted by molar-refractivity contribution is 6.31. The predicted octanol–water partition coefficient (Wildman–Crippen LogP) is 4.18. The summed E-state index contributed by atoms with van der Waals surface area (Å²) in [6.07, 6.45) is 9.52. The molecule has 4 aromatic heterocycles. The second-order valence-corrected chi connectivity index (χ2v) is 8.30. The van der Waals surface area contributed by atoms with Gasteiger partial charge in [-0.15, -0.1) is 0 Å². The first-order valence-corrected chi connectivity index (χ1v) is 11.0. The van der Waals surface area contributed by atoms with E-state index >= 15 is 0 Å². The van der Waals surface area contributed by atoms with E-state index in [2.05, 4.69) is 15.1 Å². The Kier molecular flexibility index (Phi) is 5.81. The van der Waals surface area contributed by atoms with E-state index in [9.17, 15) is 4.79 Å². The van der Waals surface area contributed by atoms with Crippen LogP contribution in [-0.2, 0) is 20.2 Å². The van der Waals surface area contributed by atoms with Crippen LogP contribution in [0.2, 0.25) is 5.02 Å². The molecule has 0 aliphatic rings. The number of para-hydroxylation sites is 1. The van der Waals surface area contributed by atoms with Crippen molar-refractivity contribution in [3.63, 3.8) is 0 Å². The van der Waals surface area contributed by atoms with E-state index in [0.29, 0.717) is 17.3 Å². The van der Waals surface area contributed by atoms with Crippen LogP contribution in [0.25, 0.3) is 22.2 Å². The maximum Gasteiger partial charge on any atom is 0.269 e. The second kappa shape index (κ2) is 9.07. The van der Waals surface area contributed by atoms with Crippen molar-refractivity contribution in [3.05, 3.63) is 99.7 Å². The Balaban J connectivity index is 1.51. The first-order valence-electron chi connectivity index (χ1n) is 10.6. The van der Waals surface area contributed by atoms with Crippen LogP contribution >= 0.6 is 11.6 Å². The molecule has 0 bridgehead atoms. The molecular formula is C25H21ClN6O2. The third-order valence-electron chi connectivity index (χ3n) is 5.64. The third-order valence-corrected chi connectivity index (χ3v) is 5.96. The minimum atomic E-state index is -0.203. The summed E-state index contributed by atoms with van der Waals surface area (Å²) in [7, 11) is 1.92. The number of nitrogens with zero attached hydrogens (tertiary/aromatic N) is 6. The van der Waals surface area contributed by atoms with Crippen molar-refractivity contribution in [2.75, 3.05) is 0 Å². The molecule has 0 radical (unpaired) electrons. The Hall–Kier alpha value is -4.04. The molecule has 0 unspecified atom stereocenters. The topological polar surface area (TPSA) is 87.7 Å². The Labute approximate surface area is 200 Å². The van der Waals surface area contributed by atoms with Crippen molar-refractivity contribution in [1.82, 2.24) is 29.3 Å². The molecule has 0 aliphatic heterocycles. The Morgan fingerprint density at radius 2 is 1.97 bits per heavy atom. The van der Waals surface area contributed by atoms with Crippen LogP contribution in [0.15, 0.2) is 72.3 Å². The lowest BCUT2D eigenvalue weighted by molar-refractivity contribution is 0.307. The smallest absolute Gasteiger partial charge is 0.269 e. The van der Waals surface area contributed by atoms with Gasteiger partial charge >= 0.3 is 0 Å². The van der Waals surface area contributed by atoms with Crippen LogP contribution in [0.3, 0.4) is 0 Å². The highest BCUT2D eigenvalue weighted by atomic mass is 35.5. The van der Waals surface area contributed by atoms with E-state index < -0.39 is 0 Å². The van der Waals surface area contributed by atoms with Crippen LogP contribution in [0.5, 0.6) is 5.75 Å². The number of hydrogen-bond acceptors (Lipinski definition) is 6. The zero-order valence-corrected chi connectivity index (χ0v) is 19.4. The average molecular weight is 473 g/mol. The molecule has 0 spiro atoms. The molecule has 9 heteroatoms. The minimum absolute atomic E-state index is 0.201. The highest BCUT2D eigenvalue weighted by Crippen LogP contribution is 2.33. The van der Waals surface area contributed by atoms with Gasteiger partial charge < -0.3 is 9.30 Å². The van der Waals surface area contributed by atoms with Gasteiger partial charge in [-0.05, 0) is 30.7 Å². The molecule has 0 saturated heterocycles. The fourth-order valence-electron chi connectivity index (χ4n) is 3.95. The Bertz CT molecular complexity index is 1560. The first kappa shape index (κ1) is 21.8. The molecule has 170 valence electrons. The Morgan fingerprint density at radius 1 is 1.09 bits per heavy atom. The summed E-state index contributed by atoms with van der Waals surface area (Å²) in [6, 6.07) is 9.89.